The Bertz CT molecular complexity index is 423. The fraction of sp³-hybridized carbons (Fsp3) is 0.462. The number of hydrogen-bond acceptors (Lipinski definition) is 2. The molecule has 3 nitrogen and oxygen atoms in total. The van der Waals surface area contributed by atoms with Crippen LogP contribution in [0.5, 0.6) is 0 Å². The topological polar surface area (TPSA) is 40.5 Å². The highest BCUT2D eigenvalue weighted by Gasteiger charge is 2.16. The van der Waals surface area contributed by atoms with Gasteiger partial charge < -0.3 is 5.11 Å². The molecule has 1 atom stereocenters. The molecule has 1 rings (SSSR count). The first kappa shape index (κ1) is 15.3. The molecule has 0 saturated heterocycles. The monoisotopic (exact) mass is 289 g/mol. The molecule has 0 aromatic heterocycles. The number of rotatable bonds is 6. The van der Waals surface area contributed by atoms with E-state index < -0.39 is 11.9 Å². The third-order valence-corrected chi connectivity index (χ3v) is 3.41. The van der Waals surface area contributed by atoms with E-state index in [1.165, 1.54) is 0 Å². The van der Waals surface area contributed by atoms with Crippen LogP contribution in [-0.4, -0.2) is 29.1 Å². The van der Waals surface area contributed by atoms with Crippen molar-refractivity contribution in [2.24, 2.45) is 5.92 Å². The fourth-order valence-electron chi connectivity index (χ4n) is 1.68. The van der Waals surface area contributed by atoms with E-state index in [0.717, 1.165) is 12.1 Å². The van der Waals surface area contributed by atoms with E-state index in [4.69, 9.17) is 28.3 Å². The Morgan fingerprint density at radius 1 is 1.44 bits per heavy atom. The molecule has 0 spiro atoms. The molecule has 0 heterocycles. The number of nitrogens with zero attached hydrogens (tertiary/aromatic N) is 1. The van der Waals surface area contributed by atoms with Gasteiger partial charge in [0.2, 0.25) is 0 Å². The third-order valence-electron chi connectivity index (χ3n) is 2.80. The Morgan fingerprint density at radius 3 is 2.67 bits per heavy atom. The summed E-state index contributed by atoms with van der Waals surface area (Å²) >= 11 is 12.0. The number of hydrogen-bond donors (Lipinski definition) is 1. The summed E-state index contributed by atoms with van der Waals surface area (Å²) in [5.74, 6) is -1.19. The van der Waals surface area contributed by atoms with Crippen molar-refractivity contribution in [1.29, 1.82) is 0 Å². The van der Waals surface area contributed by atoms with Crippen molar-refractivity contribution in [3.63, 3.8) is 0 Å². The summed E-state index contributed by atoms with van der Waals surface area (Å²) in [6.45, 7) is 5.56. The Balaban J connectivity index is 2.73. The van der Waals surface area contributed by atoms with Gasteiger partial charge in [-0.2, -0.15) is 0 Å². The molecule has 1 unspecified atom stereocenters. The van der Waals surface area contributed by atoms with E-state index >= 15 is 0 Å². The maximum absolute atomic E-state index is 10.9. The SMILES string of the molecule is CCN(Cc1cc(Cl)ccc1Cl)CC(C)C(=O)O. The van der Waals surface area contributed by atoms with Crippen LogP contribution < -0.4 is 0 Å². The third kappa shape index (κ3) is 4.48. The van der Waals surface area contributed by atoms with Crippen molar-refractivity contribution in [2.45, 2.75) is 20.4 Å². The fourth-order valence-corrected chi connectivity index (χ4v) is 2.05. The van der Waals surface area contributed by atoms with Crippen LogP contribution in [0.3, 0.4) is 0 Å². The summed E-state index contributed by atoms with van der Waals surface area (Å²) in [4.78, 5) is 12.9. The van der Waals surface area contributed by atoms with Crippen LogP contribution in [0.2, 0.25) is 10.0 Å². The van der Waals surface area contributed by atoms with E-state index in [1.807, 2.05) is 17.9 Å². The van der Waals surface area contributed by atoms with Gasteiger partial charge in [-0.1, -0.05) is 37.0 Å². The molecule has 0 fully saturated rings. The number of aliphatic carboxylic acids is 1. The molecule has 0 bridgehead atoms. The first-order valence-electron chi connectivity index (χ1n) is 5.83. The lowest BCUT2D eigenvalue weighted by Gasteiger charge is -2.23. The summed E-state index contributed by atoms with van der Waals surface area (Å²) in [6.07, 6.45) is 0. The second-order valence-electron chi connectivity index (χ2n) is 4.30. The molecule has 18 heavy (non-hydrogen) atoms. The molecule has 0 saturated carbocycles. The maximum Gasteiger partial charge on any atom is 0.307 e. The summed E-state index contributed by atoms with van der Waals surface area (Å²) in [5.41, 5.74) is 0.920. The van der Waals surface area contributed by atoms with Gasteiger partial charge in [0.1, 0.15) is 0 Å². The number of benzene rings is 1. The van der Waals surface area contributed by atoms with E-state index in [-0.39, 0.29) is 0 Å². The van der Waals surface area contributed by atoms with Gasteiger partial charge in [0, 0.05) is 23.1 Å². The quantitative estimate of drug-likeness (QED) is 0.871. The molecular formula is C13H17Cl2NO2. The first-order valence-corrected chi connectivity index (χ1v) is 6.58. The van der Waals surface area contributed by atoms with E-state index in [9.17, 15) is 4.79 Å². The minimum absolute atomic E-state index is 0.400. The summed E-state index contributed by atoms with van der Waals surface area (Å²) in [7, 11) is 0. The van der Waals surface area contributed by atoms with Crippen LogP contribution in [0.25, 0.3) is 0 Å². The van der Waals surface area contributed by atoms with Crippen molar-refractivity contribution in [2.75, 3.05) is 13.1 Å². The zero-order chi connectivity index (χ0) is 13.7. The Morgan fingerprint density at radius 2 is 2.11 bits per heavy atom. The lowest BCUT2D eigenvalue weighted by atomic mass is 10.1. The van der Waals surface area contributed by atoms with Crippen molar-refractivity contribution >= 4 is 29.2 Å². The van der Waals surface area contributed by atoms with Gasteiger partial charge in [-0.05, 0) is 30.3 Å². The molecule has 100 valence electrons. The highest BCUT2D eigenvalue weighted by molar-refractivity contribution is 6.33. The highest BCUT2D eigenvalue weighted by atomic mass is 35.5. The number of carboxylic acids is 1. The van der Waals surface area contributed by atoms with Gasteiger partial charge in [-0.25, -0.2) is 0 Å². The smallest absolute Gasteiger partial charge is 0.307 e. The molecule has 0 aliphatic carbocycles. The van der Waals surface area contributed by atoms with Crippen LogP contribution >= 0.6 is 23.2 Å². The van der Waals surface area contributed by atoms with Crippen molar-refractivity contribution in [3.05, 3.63) is 33.8 Å². The Hall–Kier alpha value is -0.770. The predicted octanol–water partition coefficient (Wildman–Crippen LogP) is 3.54. The lowest BCUT2D eigenvalue weighted by molar-refractivity contribution is -0.141. The molecule has 0 radical (unpaired) electrons. The van der Waals surface area contributed by atoms with Gasteiger partial charge in [-0.3, -0.25) is 9.69 Å². The molecule has 0 aliphatic rings. The normalized spacial score (nSPS) is 12.7. The summed E-state index contributed by atoms with van der Waals surface area (Å²) in [6, 6.07) is 5.31. The molecule has 1 aromatic carbocycles. The van der Waals surface area contributed by atoms with Gasteiger partial charge in [-0.15, -0.1) is 0 Å². The average molecular weight is 290 g/mol. The predicted molar refractivity (Wildman–Crippen MR) is 74.2 cm³/mol. The molecular weight excluding hydrogens is 273 g/mol. The van der Waals surface area contributed by atoms with Gasteiger partial charge in [0.05, 0.1) is 5.92 Å². The van der Waals surface area contributed by atoms with Crippen molar-refractivity contribution in [1.82, 2.24) is 4.90 Å². The molecule has 0 aliphatic heterocycles. The van der Waals surface area contributed by atoms with E-state index in [0.29, 0.717) is 23.1 Å². The minimum Gasteiger partial charge on any atom is -0.481 e. The Labute approximate surface area is 117 Å². The second kappa shape index (κ2) is 6.98. The number of carboxylic acid groups (broad SMARTS) is 1. The lowest BCUT2D eigenvalue weighted by Crippen LogP contribution is -2.31. The van der Waals surface area contributed by atoms with Crippen LogP contribution in [0.4, 0.5) is 0 Å². The van der Waals surface area contributed by atoms with Crippen molar-refractivity contribution < 1.29 is 9.90 Å². The standard InChI is InChI=1S/C13H17Cl2NO2/c1-3-16(7-9(2)13(17)18)8-10-6-11(14)4-5-12(10)15/h4-6,9H,3,7-8H2,1-2H3,(H,17,18). The van der Waals surface area contributed by atoms with Gasteiger partial charge in [0.25, 0.3) is 0 Å². The minimum atomic E-state index is -0.786. The largest absolute Gasteiger partial charge is 0.481 e. The number of halogens is 2. The average Bonchev–Trinajstić information content (AvgIpc) is 2.32. The highest BCUT2D eigenvalue weighted by Crippen LogP contribution is 2.22. The van der Waals surface area contributed by atoms with E-state index in [1.54, 1.807) is 19.1 Å². The van der Waals surface area contributed by atoms with Crippen LogP contribution in [0, 0.1) is 5.92 Å². The molecule has 0 amide bonds. The van der Waals surface area contributed by atoms with Gasteiger partial charge in [0.15, 0.2) is 0 Å². The zero-order valence-corrected chi connectivity index (χ0v) is 12.0. The molecule has 1 aromatic rings. The van der Waals surface area contributed by atoms with Gasteiger partial charge >= 0.3 is 5.97 Å². The second-order valence-corrected chi connectivity index (χ2v) is 5.15. The van der Waals surface area contributed by atoms with Crippen molar-refractivity contribution in [3.8, 4) is 0 Å². The van der Waals surface area contributed by atoms with E-state index in [2.05, 4.69) is 0 Å². The van der Waals surface area contributed by atoms with Crippen LogP contribution in [0.1, 0.15) is 19.4 Å². The zero-order valence-electron chi connectivity index (χ0n) is 10.5. The summed E-state index contributed by atoms with van der Waals surface area (Å²) in [5, 5.41) is 10.2. The van der Waals surface area contributed by atoms with Crippen LogP contribution in [-0.2, 0) is 11.3 Å². The molecule has 1 N–H and O–H groups in total. The summed E-state index contributed by atoms with van der Waals surface area (Å²) < 4.78 is 0. The number of carbonyl (C=O) groups is 1. The first-order chi connectivity index (χ1) is 8.43. The van der Waals surface area contributed by atoms with Crippen LogP contribution in [0.15, 0.2) is 18.2 Å². The maximum atomic E-state index is 10.9. The Kier molecular flexibility index (Phi) is 5.93. The molecule has 5 heteroatoms.